The summed E-state index contributed by atoms with van der Waals surface area (Å²) in [6.07, 6.45) is 0. The van der Waals surface area contributed by atoms with E-state index in [-0.39, 0.29) is 5.63 Å². The van der Waals surface area contributed by atoms with E-state index in [9.17, 15) is 4.79 Å². The molecule has 0 unspecified atom stereocenters. The highest BCUT2D eigenvalue weighted by Gasteiger charge is 1.92. The first kappa shape index (κ1) is 13.1. The van der Waals surface area contributed by atoms with Gasteiger partial charge in [0.15, 0.2) is 0 Å². The lowest BCUT2D eigenvalue weighted by Crippen LogP contribution is -1.93. The van der Waals surface area contributed by atoms with Crippen LogP contribution in [0.3, 0.4) is 0 Å². The van der Waals surface area contributed by atoms with Crippen molar-refractivity contribution in [2.75, 3.05) is 0 Å². The predicted molar refractivity (Wildman–Crippen MR) is 78.4 cm³/mol. The summed E-state index contributed by atoms with van der Waals surface area (Å²) in [7, 11) is 0. The highest BCUT2D eigenvalue weighted by Crippen LogP contribution is 2.09. The second kappa shape index (κ2) is 6.01. The van der Waals surface area contributed by atoms with Gasteiger partial charge < -0.3 is 4.42 Å². The second-order valence-corrected chi connectivity index (χ2v) is 4.38. The molecule has 0 aliphatic carbocycles. The molecule has 1 aromatic heterocycles. The molecule has 2 nitrogen and oxygen atoms in total. The maximum Gasteiger partial charge on any atom is 0.336 e. The first-order chi connectivity index (χ1) is 9.16. The van der Waals surface area contributed by atoms with E-state index in [0.717, 1.165) is 5.39 Å². The van der Waals surface area contributed by atoms with Crippen molar-refractivity contribution >= 4 is 11.0 Å². The molecule has 0 fully saturated rings. The Kier molecular flexibility index (Phi) is 4.14. The van der Waals surface area contributed by atoms with Crippen molar-refractivity contribution in [3.8, 4) is 0 Å². The number of rotatable bonds is 0. The third-order valence-corrected chi connectivity index (χ3v) is 2.95. The Morgan fingerprint density at radius 3 is 1.95 bits per heavy atom. The van der Waals surface area contributed by atoms with Gasteiger partial charge >= 0.3 is 5.63 Å². The van der Waals surface area contributed by atoms with Gasteiger partial charge in [-0.05, 0) is 37.1 Å². The number of hydrogen-bond acceptors (Lipinski definition) is 2. The summed E-state index contributed by atoms with van der Waals surface area (Å²) in [5, 5.41) is 0.951. The van der Waals surface area contributed by atoms with Crippen LogP contribution in [-0.4, -0.2) is 0 Å². The molecule has 3 aromatic rings. The molecule has 0 radical (unpaired) electrons. The zero-order valence-corrected chi connectivity index (χ0v) is 11.1. The van der Waals surface area contributed by atoms with Crippen molar-refractivity contribution in [2.45, 2.75) is 13.8 Å². The van der Waals surface area contributed by atoms with E-state index >= 15 is 0 Å². The van der Waals surface area contributed by atoms with Gasteiger partial charge in [0.2, 0.25) is 0 Å². The summed E-state index contributed by atoms with van der Waals surface area (Å²) in [6.45, 7) is 4.24. The van der Waals surface area contributed by atoms with Crippen LogP contribution in [0.4, 0.5) is 0 Å². The van der Waals surface area contributed by atoms with Gasteiger partial charge in [0, 0.05) is 11.5 Å². The van der Waals surface area contributed by atoms with E-state index < -0.39 is 0 Å². The molecule has 0 spiro atoms. The Morgan fingerprint density at radius 1 is 0.737 bits per heavy atom. The minimum absolute atomic E-state index is 0.302. The largest absolute Gasteiger partial charge is 0.423 e. The molecular formula is C17H16O2. The maximum absolute atomic E-state index is 10.7. The summed E-state index contributed by atoms with van der Waals surface area (Å²) < 4.78 is 4.91. The molecule has 0 saturated carbocycles. The monoisotopic (exact) mass is 252 g/mol. The number of hydrogen-bond donors (Lipinski definition) is 0. The summed E-state index contributed by atoms with van der Waals surface area (Å²) in [5.41, 5.74) is 3.07. The smallest absolute Gasteiger partial charge is 0.336 e. The maximum atomic E-state index is 10.7. The van der Waals surface area contributed by atoms with Gasteiger partial charge in [0.25, 0.3) is 0 Å². The fourth-order valence-corrected chi connectivity index (χ4v) is 1.67. The van der Waals surface area contributed by atoms with Crippen LogP contribution in [-0.2, 0) is 0 Å². The summed E-state index contributed by atoms with van der Waals surface area (Å²) >= 11 is 0. The standard InChI is InChI=1S/C9H6O2.C8H10/c10-9-6-5-7-3-1-2-4-8(7)11-9;1-7-5-3-4-6-8(7)2/h1-6H;3-6H,1-2H3. The van der Waals surface area contributed by atoms with Crippen LogP contribution in [0.5, 0.6) is 0 Å². The molecule has 0 aliphatic rings. The molecular weight excluding hydrogens is 236 g/mol. The van der Waals surface area contributed by atoms with Crippen molar-refractivity contribution in [1.82, 2.24) is 0 Å². The molecule has 3 rings (SSSR count). The number of fused-ring (bicyclic) bond motifs is 1. The average molecular weight is 252 g/mol. The van der Waals surface area contributed by atoms with Crippen molar-refractivity contribution < 1.29 is 4.42 Å². The topological polar surface area (TPSA) is 30.2 Å². The normalized spacial score (nSPS) is 9.79. The Hall–Kier alpha value is -2.35. The van der Waals surface area contributed by atoms with Crippen LogP contribution in [0.15, 0.2) is 69.9 Å². The molecule has 0 atom stereocenters. The van der Waals surface area contributed by atoms with Gasteiger partial charge in [-0.3, -0.25) is 0 Å². The third kappa shape index (κ3) is 3.55. The molecule has 1 heterocycles. The van der Waals surface area contributed by atoms with Crippen LogP contribution >= 0.6 is 0 Å². The summed E-state index contributed by atoms with van der Waals surface area (Å²) in [4.78, 5) is 10.7. The van der Waals surface area contributed by atoms with Crippen molar-refractivity contribution in [2.24, 2.45) is 0 Å². The Labute approximate surface area is 112 Å². The molecule has 0 saturated heterocycles. The molecule has 96 valence electrons. The van der Waals surface area contributed by atoms with Gasteiger partial charge in [-0.2, -0.15) is 0 Å². The zero-order chi connectivity index (χ0) is 13.7. The second-order valence-electron chi connectivity index (χ2n) is 4.38. The number of aryl methyl sites for hydroxylation is 2. The van der Waals surface area contributed by atoms with Gasteiger partial charge in [-0.25, -0.2) is 4.79 Å². The lowest BCUT2D eigenvalue weighted by Gasteiger charge is -1.93. The molecule has 19 heavy (non-hydrogen) atoms. The number of para-hydroxylation sites is 1. The quantitative estimate of drug-likeness (QED) is 0.564. The Morgan fingerprint density at radius 2 is 1.32 bits per heavy atom. The van der Waals surface area contributed by atoms with Gasteiger partial charge in [0.05, 0.1) is 0 Å². The third-order valence-electron chi connectivity index (χ3n) is 2.95. The van der Waals surface area contributed by atoms with E-state index in [1.54, 1.807) is 12.1 Å². The first-order valence-corrected chi connectivity index (χ1v) is 6.18. The van der Waals surface area contributed by atoms with Crippen LogP contribution < -0.4 is 5.63 Å². The molecule has 0 bridgehead atoms. The summed E-state index contributed by atoms with van der Waals surface area (Å²) in [5.74, 6) is 0. The minimum atomic E-state index is -0.302. The SMILES string of the molecule is Cc1ccccc1C.O=c1ccc2ccccc2o1. The predicted octanol–water partition coefficient (Wildman–Crippen LogP) is 4.10. The number of benzene rings is 2. The van der Waals surface area contributed by atoms with E-state index in [1.165, 1.54) is 17.2 Å². The van der Waals surface area contributed by atoms with Gasteiger partial charge in [0.1, 0.15) is 5.58 Å². The fraction of sp³-hybridized carbons (Fsp3) is 0.118. The van der Waals surface area contributed by atoms with E-state index in [1.807, 2.05) is 18.2 Å². The Balaban J connectivity index is 0.000000148. The average Bonchev–Trinajstić information content (AvgIpc) is 2.43. The Bertz CT molecular complexity index is 705. The van der Waals surface area contributed by atoms with Crippen LogP contribution in [0.1, 0.15) is 11.1 Å². The first-order valence-electron chi connectivity index (χ1n) is 6.18. The summed E-state index contributed by atoms with van der Waals surface area (Å²) in [6, 6.07) is 18.9. The fourth-order valence-electron chi connectivity index (χ4n) is 1.67. The minimum Gasteiger partial charge on any atom is -0.423 e. The van der Waals surface area contributed by atoms with Crippen LogP contribution in [0, 0.1) is 13.8 Å². The van der Waals surface area contributed by atoms with Gasteiger partial charge in [-0.15, -0.1) is 0 Å². The van der Waals surface area contributed by atoms with E-state index in [2.05, 4.69) is 38.1 Å². The lowest BCUT2D eigenvalue weighted by atomic mass is 10.1. The lowest BCUT2D eigenvalue weighted by molar-refractivity contribution is 0.561. The van der Waals surface area contributed by atoms with E-state index in [0.29, 0.717) is 5.58 Å². The van der Waals surface area contributed by atoms with E-state index in [4.69, 9.17) is 4.42 Å². The van der Waals surface area contributed by atoms with Gasteiger partial charge in [-0.1, -0.05) is 42.5 Å². The molecule has 0 amide bonds. The molecule has 0 N–H and O–H groups in total. The highest BCUT2D eigenvalue weighted by molar-refractivity contribution is 5.75. The molecule has 2 aromatic carbocycles. The highest BCUT2D eigenvalue weighted by atomic mass is 16.4. The molecule has 2 heteroatoms. The zero-order valence-electron chi connectivity index (χ0n) is 11.1. The van der Waals surface area contributed by atoms with Crippen molar-refractivity contribution in [3.63, 3.8) is 0 Å². The molecule has 0 aliphatic heterocycles. The van der Waals surface area contributed by atoms with Crippen LogP contribution in [0.25, 0.3) is 11.0 Å². The van der Waals surface area contributed by atoms with Crippen LogP contribution in [0.2, 0.25) is 0 Å². The van der Waals surface area contributed by atoms with Crippen molar-refractivity contribution in [3.05, 3.63) is 82.2 Å². The van der Waals surface area contributed by atoms with Crippen molar-refractivity contribution in [1.29, 1.82) is 0 Å².